The SMILES string of the molecule is CC1CCN(C2=NC(=O)/C(=C/c3ccc(N4CCOCC4)o3)S2)CC1. The second-order valence-corrected chi connectivity index (χ2v) is 7.76. The van der Waals surface area contributed by atoms with E-state index in [4.69, 9.17) is 9.15 Å². The highest BCUT2D eigenvalue weighted by Gasteiger charge is 2.28. The number of carbonyl (C=O) groups is 1. The van der Waals surface area contributed by atoms with Crippen molar-refractivity contribution in [2.45, 2.75) is 19.8 Å². The average Bonchev–Trinajstić information content (AvgIpc) is 3.24. The molecule has 0 radical (unpaired) electrons. The number of nitrogens with zero attached hydrogens (tertiary/aromatic N) is 3. The van der Waals surface area contributed by atoms with Crippen LogP contribution in [0.5, 0.6) is 0 Å². The van der Waals surface area contributed by atoms with Gasteiger partial charge in [0.1, 0.15) is 5.76 Å². The number of ether oxygens (including phenoxy) is 1. The maximum Gasteiger partial charge on any atom is 0.286 e. The number of furan rings is 1. The standard InChI is InChI=1S/C18H23N3O3S/c1-13-4-6-21(7-5-13)18-19-17(22)15(25-18)12-14-2-3-16(24-14)20-8-10-23-11-9-20/h2-3,12-13H,4-11H2,1H3/b15-12-. The van der Waals surface area contributed by atoms with E-state index in [1.54, 1.807) is 6.08 Å². The van der Waals surface area contributed by atoms with Gasteiger partial charge >= 0.3 is 0 Å². The van der Waals surface area contributed by atoms with E-state index in [9.17, 15) is 4.79 Å². The molecule has 6 nitrogen and oxygen atoms in total. The Bertz CT molecular complexity index is 698. The number of hydrogen-bond donors (Lipinski definition) is 0. The highest BCUT2D eigenvalue weighted by atomic mass is 32.2. The van der Waals surface area contributed by atoms with Crippen LogP contribution in [-0.4, -0.2) is 55.4 Å². The van der Waals surface area contributed by atoms with Crippen LogP contribution in [0.1, 0.15) is 25.5 Å². The lowest BCUT2D eigenvalue weighted by Gasteiger charge is -2.30. The number of thioether (sulfide) groups is 1. The summed E-state index contributed by atoms with van der Waals surface area (Å²) in [6.07, 6.45) is 4.13. The maximum atomic E-state index is 12.2. The first-order valence-electron chi connectivity index (χ1n) is 8.89. The smallest absolute Gasteiger partial charge is 0.286 e. The van der Waals surface area contributed by atoms with Crippen molar-refractivity contribution in [3.63, 3.8) is 0 Å². The highest BCUT2D eigenvalue weighted by Crippen LogP contribution is 2.33. The normalized spacial score (nSPS) is 24.3. The van der Waals surface area contributed by atoms with Crippen LogP contribution < -0.4 is 4.90 Å². The summed E-state index contributed by atoms with van der Waals surface area (Å²) < 4.78 is 11.3. The molecule has 2 fully saturated rings. The Balaban J connectivity index is 1.42. The van der Waals surface area contributed by atoms with E-state index < -0.39 is 0 Å². The molecular weight excluding hydrogens is 338 g/mol. The van der Waals surface area contributed by atoms with Crippen LogP contribution >= 0.6 is 11.8 Å². The molecule has 2 saturated heterocycles. The van der Waals surface area contributed by atoms with Gasteiger partial charge in [-0.15, -0.1) is 0 Å². The molecule has 0 aromatic carbocycles. The number of likely N-dealkylation sites (tertiary alicyclic amines) is 1. The molecule has 0 aliphatic carbocycles. The molecule has 0 unspecified atom stereocenters. The summed E-state index contributed by atoms with van der Waals surface area (Å²) in [4.78, 5) is 21.5. The summed E-state index contributed by atoms with van der Waals surface area (Å²) in [5.41, 5.74) is 0. The molecule has 134 valence electrons. The number of anilines is 1. The minimum atomic E-state index is -0.164. The predicted molar refractivity (Wildman–Crippen MR) is 99.7 cm³/mol. The molecule has 0 saturated carbocycles. The fraction of sp³-hybridized carbons (Fsp3) is 0.556. The maximum absolute atomic E-state index is 12.2. The highest BCUT2D eigenvalue weighted by molar-refractivity contribution is 8.18. The second-order valence-electron chi connectivity index (χ2n) is 6.76. The van der Waals surface area contributed by atoms with Crippen molar-refractivity contribution < 1.29 is 13.9 Å². The Labute approximate surface area is 151 Å². The van der Waals surface area contributed by atoms with Crippen molar-refractivity contribution in [3.8, 4) is 0 Å². The van der Waals surface area contributed by atoms with Crippen molar-refractivity contribution in [3.05, 3.63) is 22.8 Å². The van der Waals surface area contributed by atoms with Crippen LogP contribution in [0.3, 0.4) is 0 Å². The Morgan fingerprint density at radius 1 is 1.16 bits per heavy atom. The quantitative estimate of drug-likeness (QED) is 0.755. The van der Waals surface area contributed by atoms with Gasteiger partial charge in [0.05, 0.1) is 18.1 Å². The minimum absolute atomic E-state index is 0.164. The third-order valence-electron chi connectivity index (χ3n) is 4.87. The van der Waals surface area contributed by atoms with E-state index in [2.05, 4.69) is 21.7 Å². The molecule has 25 heavy (non-hydrogen) atoms. The monoisotopic (exact) mass is 361 g/mol. The van der Waals surface area contributed by atoms with Gasteiger partial charge in [-0.05, 0) is 36.6 Å². The number of piperidine rings is 1. The lowest BCUT2D eigenvalue weighted by atomic mass is 10.00. The summed E-state index contributed by atoms with van der Waals surface area (Å²) in [7, 11) is 0. The fourth-order valence-electron chi connectivity index (χ4n) is 3.24. The Hall–Kier alpha value is -1.73. The molecule has 4 rings (SSSR count). The van der Waals surface area contributed by atoms with Crippen LogP contribution in [0, 0.1) is 5.92 Å². The van der Waals surface area contributed by atoms with E-state index in [-0.39, 0.29) is 5.91 Å². The molecule has 4 heterocycles. The number of hydrogen-bond acceptors (Lipinski definition) is 6. The third-order valence-corrected chi connectivity index (χ3v) is 5.92. The first-order valence-corrected chi connectivity index (χ1v) is 9.71. The van der Waals surface area contributed by atoms with Gasteiger partial charge in [0.2, 0.25) is 0 Å². The number of morpholine rings is 1. The summed E-state index contributed by atoms with van der Waals surface area (Å²) in [6, 6.07) is 3.86. The number of rotatable bonds is 2. The molecule has 3 aliphatic heterocycles. The van der Waals surface area contributed by atoms with E-state index in [0.29, 0.717) is 10.7 Å². The van der Waals surface area contributed by atoms with Crippen LogP contribution in [0.25, 0.3) is 6.08 Å². The van der Waals surface area contributed by atoms with Gasteiger partial charge in [-0.1, -0.05) is 6.92 Å². The Kier molecular flexibility index (Phi) is 4.85. The number of aliphatic imine (C=N–C) groups is 1. The van der Waals surface area contributed by atoms with Gasteiger partial charge in [0.15, 0.2) is 11.1 Å². The van der Waals surface area contributed by atoms with E-state index in [1.165, 1.54) is 11.8 Å². The zero-order valence-corrected chi connectivity index (χ0v) is 15.3. The first-order chi connectivity index (χ1) is 12.2. The number of amidine groups is 1. The minimum Gasteiger partial charge on any atom is -0.441 e. The Morgan fingerprint density at radius 2 is 1.92 bits per heavy atom. The van der Waals surface area contributed by atoms with Crippen molar-refractivity contribution in [2.75, 3.05) is 44.3 Å². The summed E-state index contributed by atoms with van der Waals surface area (Å²) in [6.45, 7) is 7.34. The topological polar surface area (TPSA) is 58.3 Å². The van der Waals surface area contributed by atoms with E-state index in [1.807, 2.05) is 12.1 Å². The van der Waals surface area contributed by atoms with Crippen molar-refractivity contribution in [1.29, 1.82) is 0 Å². The van der Waals surface area contributed by atoms with Crippen LogP contribution in [0.15, 0.2) is 26.4 Å². The molecule has 0 spiro atoms. The Morgan fingerprint density at radius 3 is 2.68 bits per heavy atom. The molecule has 1 aromatic rings. The largest absolute Gasteiger partial charge is 0.441 e. The lowest BCUT2D eigenvalue weighted by Crippen LogP contribution is -2.35. The fourth-order valence-corrected chi connectivity index (χ4v) is 4.18. The van der Waals surface area contributed by atoms with Gasteiger partial charge in [-0.3, -0.25) is 4.79 Å². The molecule has 3 aliphatic rings. The average molecular weight is 361 g/mol. The molecule has 0 bridgehead atoms. The van der Waals surface area contributed by atoms with E-state index in [0.717, 1.165) is 69.2 Å². The summed E-state index contributed by atoms with van der Waals surface area (Å²) >= 11 is 1.46. The molecule has 7 heteroatoms. The van der Waals surface area contributed by atoms with Crippen LogP contribution in [0.4, 0.5) is 5.88 Å². The molecule has 0 N–H and O–H groups in total. The van der Waals surface area contributed by atoms with Gasteiger partial charge < -0.3 is 19.0 Å². The van der Waals surface area contributed by atoms with Crippen molar-refractivity contribution >= 4 is 34.8 Å². The van der Waals surface area contributed by atoms with Crippen LogP contribution in [-0.2, 0) is 9.53 Å². The molecule has 0 atom stereocenters. The predicted octanol–water partition coefficient (Wildman–Crippen LogP) is 2.82. The summed E-state index contributed by atoms with van der Waals surface area (Å²) in [5, 5.41) is 0.836. The van der Waals surface area contributed by atoms with Crippen molar-refractivity contribution in [1.82, 2.24) is 4.90 Å². The van der Waals surface area contributed by atoms with Gasteiger partial charge in [0.25, 0.3) is 5.91 Å². The van der Waals surface area contributed by atoms with Gasteiger partial charge in [-0.2, -0.15) is 4.99 Å². The molecule has 1 aromatic heterocycles. The third kappa shape index (κ3) is 3.77. The summed E-state index contributed by atoms with van der Waals surface area (Å²) in [5.74, 6) is 2.12. The first kappa shape index (κ1) is 16.7. The van der Waals surface area contributed by atoms with Crippen LogP contribution in [0.2, 0.25) is 0 Å². The number of carbonyl (C=O) groups excluding carboxylic acids is 1. The second kappa shape index (κ2) is 7.25. The molecule has 1 amide bonds. The zero-order valence-electron chi connectivity index (χ0n) is 14.4. The van der Waals surface area contributed by atoms with Gasteiger partial charge in [0, 0.05) is 38.3 Å². The zero-order chi connectivity index (χ0) is 17.2. The van der Waals surface area contributed by atoms with E-state index >= 15 is 0 Å². The molecular formula is C18H23N3O3S. The van der Waals surface area contributed by atoms with Crippen molar-refractivity contribution in [2.24, 2.45) is 10.9 Å². The lowest BCUT2D eigenvalue weighted by molar-refractivity contribution is -0.113. The van der Waals surface area contributed by atoms with Gasteiger partial charge in [-0.25, -0.2) is 0 Å². The number of amides is 1.